The molecule has 0 saturated heterocycles. The van der Waals surface area contributed by atoms with E-state index in [2.05, 4.69) is 39.2 Å². The number of aromatic nitrogens is 4. The number of pyridine rings is 1. The van der Waals surface area contributed by atoms with Gasteiger partial charge < -0.3 is 13.9 Å². The number of nitrogens with zero attached hydrogens (tertiary/aromatic N) is 4. The summed E-state index contributed by atoms with van der Waals surface area (Å²) < 4.78 is 352. The van der Waals surface area contributed by atoms with E-state index in [-0.39, 0.29) is 43.7 Å². The fourth-order valence-electron chi connectivity index (χ4n) is 8.73. The van der Waals surface area contributed by atoms with Gasteiger partial charge in [-0.15, -0.1) is 29.7 Å². The second kappa shape index (κ2) is 17.6. The molecule has 0 aliphatic heterocycles. The average molecular weight is 1150 g/mol. The van der Waals surface area contributed by atoms with Crippen LogP contribution in [0.4, 0.5) is 0 Å². The zero-order chi connectivity index (χ0) is 80.6. The molecule has 9 aromatic rings. The van der Waals surface area contributed by atoms with E-state index in [0.717, 1.165) is 55.4 Å². The van der Waals surface area contributed by atoms with Crippen LogP contribution in [-0.2, 0) is 48.1 Å². The Morgan fingerprint density at radius 3 is 2.10 bits per heavy atom. The molecule has 0 amide bonds. The SMILES string of the molecule is [2H]c1c([2H])c2c(c([2H])c1-c1cccc(-c3c([2H])c([2H])c4c(c3[2H])C(C([2H])([2H])[2H])(C([2H])([2H])[2H])C([2H])([2H])C([2H])([2H])C4(C([2H])([2H])[2H])C([2H])([2H])C)c1-[n+]1[c-]n(-c3[c-]c(Oc4[c-]c5c(cc4)c4ccccc4n5-c4cc(C(C)(C)C)ccn4)ccc3)cc1)C(C([2H])([2H])[2H])(C([2H])([2H])[2H])C([2H])([2H])C([2H])([2H])C2(C([2H])([2H])[2H])C([2H])([2H])[2H].[Pt]. The standard InChI is InChI=1S/C65H66N4O.Pt/c1-12-65(11)33-32-64(9,10)56-38-44(24-28-54(56)65)50-21-16-20-49(43-23-27-53-55(37-43)63(7,8)31-30-62(53,5)6)60(50)68-36-35-67(42-68)46-17-15-18-47(40-46)70-48-25-26-52-51-19-13-14-22-57(51)69(58(52)41-48)59-39-45(29-34-66-59)61(2,3)4;/h13-29,34-39H,12,30-33H2,1-11H3;/q-2;/i5D3,6D3,7D3,8D3,9D3,10D3,11D3,12D2,23D,24D,27D,28D,30D2,31D2,32D2,33D2,37D,38D;. The summed E-state index contributed by atoms with van der Waals surface area (Å²) in [5.41, 5.74) is -28.5. The van der Waals surface area contributed by atoms with Gasteiger partial charge in [0, 0.05) is 99.2 Å². The molecule has 0 bridgehead atoms. The second-order valence-corrected chi connectivity index (χ2v) is 18.2. The van der Waals surface area contributed by atoms with E-state index in [4.69, 9.17) is 41.2 Å². The van der Waals surface area contributed by atoms with Gasteiger partial charge >= 0.3 is 0 Å². The fourth-order valence-corrected chi connectivity index (χ4v) is 8.73. The van der Waals surface area contributed by atoms with Crippen LogP contribution in [0.2, 0.25) is 0 Å². The molecule has 1 atom stereocenters. The van der Waals surface area contributed by atoms with Crippen molar-refractivity contribution in [1.82, 2.24) is 14.1 Å². The third kappa shape index (κ3) is 8.50. The molecule has 71 heavy (non-hydrogen) atoms. The molecule has 364 valence electrons. The van der Waals surface area contributed by atoms with E-state index in [1.165, 1.54) is 24.4 Å². The van der Waals surface area contributed by atoms with E-state index >= 15 is 0 Å². The number of para-hydroxylation sites is 2. The van der Waals surface area contributed by atoms with Crippen molar-refractivity contribution in [2.24, 2.45) is 0 Å². The van der Waals surface area contributed by atoms with Crippen LogP contribution in [0.5, 0.6) is 11.5 Å². The Morgan fingerprint density at radius 1 is 0.732 bits per heavy atom. The maximum atomic E-state index is 10.3. The van der Waals surface area contributed by atoms with Gasteiger partial charge in [0.1, 0.15) is 5.82 Å². The molecule has 6 heteroatoms. The minimum Gasteiger partial charge on any atom is -0.510 e. The number of hydrogen-bond donors (Lipinski definition) is 0. The molecule has 2 aliphatic carbocycles. The van der Waals surface area contributed by atoms with Gasteiger partial charge in [-0.25, -0.2) is 4.98 Å². The Bertz CT molecular complexity index is 4890. The van der Waals surface area contributed by atoms with E-state index in [1.54, 1.807) is 12.3 Å². The molecule has 3 heterocycles. The Labute approximate surface area is 488 Å². The molecule has 0 spiro atoms. The summed E-state index contributed by atoms with van der Waals surface area (Å²) in [6, 6.07) is 18.4. The smallest absolute Gasteiger partial charge is 0.267 e. The summed E-state index contributed by atoms with van der Waals surface area (Å²) >= 11 is 0. The molecule has 5 nitrogen and oxygen atoms in total. The Hall–Kier alpha value is -6.03. The van der Waals surface area contributed by atoms with Gasteiger partial charge in [0.15, 0.2) is 0 Å². The summed E-state index contributed by atoms with van der Waals surface area (Å²) in [4.78, 5) is 4.72. The molecule has 2 aliphatic rings. The van der Waals surface area contributed by atoms with E-state index in [0.29, 0.717) is 18.3 Å². The summed E-state index contributed by atoms with van der Waals surface area (Å²) in [5, 5.41) is 1.63. The van der Waals surface area contributed by atoms with Crippen molar-refractivity contribution < 1.29 is 81.1 Å². The number of imidazole rings is 1. The van der Waals surface area contributed by atoms with Crippen LogP contribution in [0.3, 0.4) is 0 Å². The monoisotopic (exact) mass is 1150 g/mol. The van der Waals surface area contributed by atoms with Crippen LogP contribution < -0.4 is 9.30 Å². The minimum atomic E-state index is -4.82. The Kier molecular flexibility index (Phi) is 5.36. The van der Waals surface area contributed by atoms with Gasteiger partial charge in [0.05, 0.1) is 13.9 Å². The Balaban J connectivity index is 0.0000124. The predicted octanol–water partition coefficient (Wildman–Crippen LogP) is 16.2. The van der Waals surface area contributed by atoms with Crippen molar-refractivity contribution in [3.63, 3.8) is 0 Å². The van der Waals surface area contributed by atoms with Crippen LogP contribution in [0.15, 0.2) is 140 Å². The third-order valence-corrected chi connectivity index (χ3v) is 12.4. The molecule has 0 N–H and O–H groups in total. The quantitative estimate of drug-likeness (QED) is 0.112. The van der Waals surface area contributed by atoms with Gasteiger partial charge in [-0.2, -0.15) is 18.2 Å². The molecule has 0 fully saturated rings. The van der Waals surface area contributed by atoms with Gasteiger partial charge in [-0.3, -0.25) is 4.57 Å². The van der Waals surface area contributed by atoms with Crippen molar-refractivity contribution in [2.75, 3.05) is 0 Å². The number of fused-ring (bicyclic) bond motifs is 5. The fraction of sp³-hybridized carbons (Fsp3) is 0.323. The van der Waals surface area contributed by atoms with Crippen LogP contribution >= 0.6 is 0 Å². The number of ether oxygens (including phenoxy) is 1. The maximum Gasteiger partial charge on any atom is 0.267 e. The second-order valence-electron chi connectivity index (χ2n) is 18.2. The summed E-state index contributed by atoms with van der Waals surface area (Å²) in [5.74, 6) is 0.713. The van der Waals surface area contributed by atoms with E-state index in [1.807, 2.05) is 47.0 Å². The summed E-state index contributed by atoms with van der Waals surface area (Å²) in [7, 11) is 0. The molecular weight excluding hydrogens is 1050 g/mol. The largest absolute Gasteiger partial charge is 0.510 e. The van der Waals surface area contributed by atoms with Gasteiger partial charge in [0.25, 0.3) is 6.33 Å². The molecule has 0 saturated carbocycles. The van der Waals surface area contributed by atoms with Crippen molar-refractivity contribution >= 4 is 21.8 Å². The van der Waals surface area contributed by atoms with Gasteiger partial charge in [-0.05, 0) is 138 Å². The normalized spacial score (nSPS) is 29.8. The molecule has 3 aromatic heterocycles. The predicted molar refractivity (Wildman–Crippen MR) is 287 cm³/mol. The minimum absolute atomic E-state index is 0. The van der Waals surface area contributed by atoms with Crippen molar-refractivity contribution in [2.45, 2.75) is 135 Å². The maximum absolute atomic E-state index is 10.3. The first-order chi connectivity index (χ1) is 48.4. The summed E-state index contributed by atoms with van der Waals surface area (Å²) in [6.45, 7) is -24.8. The van der Waals surface area contributed by atoms with Crippen LogP contribution in [0.25, 0.3) is 61.3 Å². The van der Waals surface area contributed by atoms with Crippen molar-refractivity contribution in [3.8, 4) is 50.9 Å². The van der Waals surface area contributed by atoms with Crippen LogP contribution in [0.1, 0.15) is 186 Å². The Morgan fingerprint density at radius 2 is 1.39 bits per heavy atom. The molecule has 11 rings (SSSR count). The average Bonchev–Trinajstić information content (AvgIpc) is 0.712. The summed E-state index contributed by atoms with van der Waals surface area (Å²) in [6.07, 6.45) is -15.8. The van der Waals surface area contributed by atoms with Crippen LogP contribution in [0, 0.1) is 18.5 Å². The van der Waals surface area contributed by atoms with Crippen molar-refractivity contribution in [3.05, 3.63) is 186 Å². The van der Waals surface area contributed by atoms with E-state index < -0.39 is 188 Å². The third-order valence-electron chi connectivity index (χ3n) is 12.4. The zero-order valence-corrected chi connectivity index (χ0v) is 40.6. The molecular formula is C65H66N4OPt-2. The van der Waals surface area contributed by atoms with Gasteiger partial charge in [-0.1, -0.05) is 154 Å². The first kappa shape index (κ1) is 21.6. The molecule has 1 unspecified atom stereocenters. The van der Waals surface area contributed by atoms with E-state index in [9.17, 15) is 19.2 Å². The molecule has 6 aromatic carbocycles. The molecule has 0 radical (unpaired) electrons. The van der Waals surface area contributed by atoms with Crippen LogP contribution in [-0.4, -0.2) is 14.1 Å². The van der Waals surface area contributed by atoms with Gasteiger partial charge in [0.2, 0.25) is 0 Å². The number of hydrogen-bond acceptors (Lipinski definition) is 2. The topological polar surface area (TPSA) is 35.9 Å². The zero-order valence-electron chi connectivity index (χ0n) is 75.3. The number of rotatable bonds is 8. The number of benzene rings is 6. The van der Waals surface area contributed by atoms with Crippen molar-refractivity contribution in [1.29, 1.82) is 0 Å². The first-order valence-electron chi connectivity index (χ1n) is 40.5. The first-order valence-corrected chi connectivity index (χ1v) is 22.0.